The Morgan fingerprint density at radius 2 is 1.72 bits per heavy atom. The lowest BCUT2D eigenvalue weighted by atomic mass is 9.99. The molecule has 0 radical (unpaired) electrons. The van der Waals surface area contributed by atoms with Crippen molar-refractivity contribution in [3.8, 4) is 0 Å². The Kier molecular flexibility index (Phi) is 4.16. The van der Waals surface area contributed by atoms with Crippen molar-refractivity contribution in [1.82, 2.24) is 0 Å². The maximum absolute atomic E-state index is 12.7. The zero-order chi connectivity index (χ0) is 13.2. The molecule has 0 aliphatic carbocycles. The van der Waals surface area contributed by atoms with Gasteiger partial charge in [-0.15, -0.1) is 0 Å². The highest BCUT2D eigenvalue weighted by Gasteiger charge is 2.46. The number of hydrogen-bond donors (Lipinski definition) is 0. The summed E-state index contributed by atoms with van der Waals surface area (Å²) in [5, 5.41) is 0. The molecule has 0 N–H and O–H groups in total. The molecule has 2 rings (SSSR count). The molecule has 0 bridgehead atoms. The molecule has 1 heterocycles. The molecule has 1 saturated heterocycles. The lowest BCUT2D eigenvalue weighted by molar-refractivity contribution is 0.0956. The van der Waals surface area contributed by atoms with Crippen LogP contribution in [0.2, 0.25) is 0 Å². The molecule has 98 valence electrons. The Bertz CT molecular complexity index is 413. The van der Waals surface area contributed by atoms with Crippen LogP contribution in [-0.4, -0.2) is 22.0 Å². The van der Waals surface area contributed by atoms with Crippen LogP contribution < -0.4 is 0 Å². The Morgan fingerprint density at radius 3 is 2.22 bits per heavy atom. The van der Waals surface area contributed by atoms with Gasteiger partial charge in [0.15, 0.2) is 4.75 Å². The topological polar surface area (TPSA) is 17.1 Å². The van der Waals surface area contributed by atoms with Crippen molar-refractivity contribution in [2.75, 3.05) is 11.5 Å². The Hall–Kier alpha value is -0.760. The van der Waals surface area contributed by atoms with E-state index in [-0.39, 0.29) is 15.6 Å². The van der Waals surface area contributed by atoms with E-state index < -0.39 is 0 Å². The van der Waals surface area contributed by atoms with Gasteiger partial charge in [0, 0.05) is 16.5 Å². The molecule has 1 aromatic carbocycles. The average molecular weight is 263 g/mol. The smallest absolute Gasteiger partial charge is 0.217 e. The van der Waals surface area contributed by atoms with Gasteiger partial charge in [0.25, 0.3) is 0 Å². The Balaban J connectivity index is 2.18. The van der Waals surface area contributed by atoms with Gasteiger partial charge < -0.3 is 0 Å². The molecule has 1 aliphatic rings. The van der Waals surface area contributed by atoms with Crippen molar-refractivity contribution in [2.24, 2.45) is 0 Å². The van der Waals surface area contributed by atoms with Crippen LogP contribution in [0.1, 0.15) is 49.5 Å². The van der Waals surface area contributed by atoms with Gasteiger partial charge in [-0.3, -0.25) is 4.79 Å². The van der Waals surface area contributed by atoms with Gasteiger partial charge in [0.1, 0.15) is 11.5 Å². The van der Waals surface area contributed by atoms with Gasteiger partial charge in [0.2, 0.25) is 5.78 Å². The molecule has 1 aromatic rings. The van der Waals surface area contributed by atoms with Crippen molar-refractivity contribution in [3.05, 3.63) is 35.4 Å². The fourth-order valence-electron chi connectivity index (χ4n) is 2.54. The van der Waals surface area contributed by atoms with Crippen LogP contribution >= 0.6 is 0 Å². The van der Waals surface area contributed by atoms with E-state index in [1.165, 1.54) is 29.9 Å². The highest BCUT2D eigenvalue weighted by molar-refractivity contribution is 7.99. The average Bonchev–Trinajstić information content (AvgIpc) is 2.92. The lowest BCUT2D eigenvalue weighted by Gasteiger charge is -2.21. The second-order valence-corrected chi connectivity index (χ2v) is 8.32. The highest BCUT2D eigenvalue weighted by Crippen LogP contribution is 2.30. The molecule has 1 aliphatic heterocycles. The molecule has 2 heteroatoms. The zero-order valence-electron chi connectivity index (χ0n) is 11.7. The van der Waals surface area contributed by atoms with Crippen LogP contribution in [0.3, 0.4) is 0 Å². The first kappa shape index (κ1) is 13.7. The van der Waals surface area contributed by atoms with E-state index in [2.05, 4.69) is 32.9 Å². The Morgan fingerprint density at radius 1 is 1.17 bits per heavy atom. The number of carbonyl (C=O) groups excluding carboxylic acids is 1. The van der Waals surface area contributed by atoms with Gasteiger partial charge in [-0.25, -0.2) is 0 Å². The van der Waals surface area contributed by atoms with Gasteiger partial charge in [-0.1, -0.05) is 31.2 Å². The predicted molar refractivity (Wildman–Crippen MR) is 80.6 cm³/mol. The van der Waals surface area contributed by atoms with Crippen molar-refractivity contribution in [3.63, 3.8) is 0 Å². The summed E-state index contributed by atoms with van der Waals surface area (Å²) in [7, 11) is 0.275. The molecule has 1 fully saturated rings. The molecule has 18 heavy (non-hydrogen) atoms. The molecule has 0 amide bonds. The minimum Gasteiger partial charge on any atom is -0.288 e. The van der Waals surface area contributed by atoms with Gasteiger partial charge in [-0.2, -0.15) is 0 Å². The van der Waals surface area contributed by atoms with Crippen molar-refractivity contribution in [1.29, 1.82) is 0 Å². The molecule has 1 nitrogen and oxygen atoms in total. The van der Waals surface area contributed by atoms with E-state index in [0.29, 0.717) is 5.78 Å². The number of benzene rings is 1. The standard InChI is InChI=1S/C16H23OS/c1-4-13-7-9-14(10-8-13)15(17)16(2,3)18-11-5-6-12-18/h7-10H,4-6,11-12H2,1-3H3/q+1. The minimum atomic E-state index is -0.176. The molecule has 0 atom stereocenters. The quantitative estimate of drug-likeness (QED) is 0.599. The van der Waals surface area contributed by atoms with Crippen LogP contribution in [0.15, 0.2) is 24.3 Å². The third-order valence-electron chi connectivity index (χ3n) is 3.92. The zero-order valence-corrected chi connectivity index (χ0v) is 12.5. The van der Waals surface area contributed by atoms with E-state index in [9.17, 15) is 4.79 Å². The highest BCUT2D eigenvalue weighted by atomic mass is 32.2. The number of ketones is 1. The summed E-state index contributed by atoms with van der Waals surface area (Å²) in [4.78, 5) is 12.7. The molecule has 0 aromatic heterocycles. The number of Topliss-reactive ketones (excluding diaryl/α,β-unsaturated/α-hetero) is 1. The fourth-order valence-corrected chi connectivity index (χ4v) is 5.25. The summed E-state index contributed by atoms with van der Waals surface area (Å²) in [5.41, 5.74) is 2.18. The largest absolute Gasteiger partial charge is 0.288 e. The maximum Gasteiger partial charge on any atom is 0.217 e. The second-order valence-electron chi connectivity index (χ2n) is 5.50. The third-order valence-corrected chi connectivity index (χ3v) is 7.12. The summed E-state index contributed by atoms with van der Waals surface area (Å²) in [6.07, 6.45) is 3.63. The van der Waals surface area contributed by atoms with E-state index >= 15 is 0 Å². The van der Waals surface area contributed by atoms with Gasteiger partial charge in [0.05, 0.1) is 0 Å². The van der Waals surface area contributed by atoms with Crippen molar-refractivity contribution >= 4 is 16.7 Å². The monoisotopic (exact) mass is 263 g/mol. The van der Waals surface area contributed by atoms with Crippen LogP contribution in [0.4, 0.5) is 0 Å². The van der Waals surface area contributed by atoms with Gasteiger partial charge in [-0.05, 0) is 38.7 Å². The predicted octanol–water partition coefficient (Wildman–Crippen LogP) is 3.62. The SMILES string of the molecule is CCc1ccc(C(=O)C(C)(C)[S+]2CCCC2)cc1. The number of carbonyl (C=O) groups is 1. The molecule has 0 spiro atoms. The summed E-state index contributed by atoms with van der Waals surface area (Å²) in [5.74, 6) is 2.81. The minimum absolute atomic E-state index is 0.176. The van der Waals surface area contributed by atoms with Crippen molar-refractivity contribution in [2.45, 2.75) is 44.8 Å². The van der Waals surface area contributed by atoms with E-state index in [4.69, 9.17) is 0 Å². The number of rotatable bonds is 4. The maximum atomic E-state index is 12.7. The number of hydrogen-bond acceptors (Lipinski definition) is 1. The van der Waals surface area contributed by atoms with Crippen LogP contribution in [-0.2, 0) is 17.3 Å². The lowest BCUT2D eigenvalue weighted by Crippen LogP contribution is -2.41. The first-order valence-electron chi connectivity index (χ1n) is 6.87. The third kappa shape index (κ3) is 2.64. The second kappa shape index (κ2) is 5.48. The van der Waals surface area contributed by atoms with Gasteiger partial charge >= 0.3 is 0 Å². The molecule has 0 saturated carbocycles. The Labute approximate surface area is 113 Å². The van der Waals surface area contributed by atoms with E-state index in [1.807, 2.05) is 12.1 Å². The van der Waals surface area contributed by atoms with E-state index in [0.717, 1.165) is 12.0 Å². The van der Waals surface area contributed by atoms with E-state index in [1.54, 1.807) is 0 Å². The molecular formula is C16H23OS+. The summed E-state index contributed by atoms with van der Waals surface area (Å²) in [6.45, 7) is 6.41. The first-order chi connectivity index (χ1) is 8.55. The summed E-state index contributed by atoms with van der Waals surface area (Å²) < 4.78 is -0.176. The normalized spacial score (nSPS) is 17.1. The fraction of sp³-hybridized carbons (Fsp3) is 0.562. The van der Waals surface area contributed by atoms with Crippen LogP contribution in [0, 0.1) is 0 Å². The summed E-state index contributed by atoms with van der Waals surface area (Å²) in [6, 6.07) is 8.17. The first-order valence-corrected chi connectivity index (χ1v) is 8.43. The van der Waals surface area contributed by atoms with Crippen molar-refractivity contribution < 1.29 is 4.79 Å². The summed E-state index contributed by atoms with van der Waals surface area (Å²) >= 11 is 0. The van der Waals surface area contributed by atoms with Crippen LogP contribution in [0.5, 0.6) is 0 Å². The van der Waals surface area contributed by atoms with Crippen LogP contribution in [0.25, 0.3) is 0 Å². The molecular weight excluding hydrogens is 240 g/mol. The molecule has 0 unspecified atom stereocenters. The number of aryl methyl sites for hydroxylation is 1.